The number of anilines is 1. The molecule has 0 spiro atoms. The van der Waals surface area contributed by atoms with Gasteiger partial charge in [0.05, 0.1) is 17.2 Å². The molecule has 0 aliphatic carbocycles. The molecule has 2 aromatic rings. The van der Waals surface area contributed by atoms with Crippen LogP contribution in [0.4, 0.5) is 11.4 Å². The van der Waals surface area contributed by atoms with E-state index in [4.69, 9.17) is 4.74 Å². The highest BCUT2D eigenvalue weighted by Gasteiger charge is 2.27. The smallest absolute Gasteiger partial charge is 0.311 e. The van der Waals surface area contributed by atoms with Crippen LogP contribution in [0.5, 0.6) is 5.75 Å². The predicted molar refractivity (Wildman–Crippen MR) is 88.0 cm³/mol. The minimum atomic E-state index is -0.390. The molecular weight excluding hydrogens is 296 g/mol. The van der Waals surface area contributed by atoms with Gasteiger partial charge in [-0.15, -0.1) is 0 Å². The molecule has 23 heavy (non-hydrogen) atoms. The molecule has 1 aliphatic heterocycles. The standard InChI is InChI=1S/C16H20N4O3/c1-10(2)23-16-8-14-11(7-15(16)20(21)22)12-9-17-19(4)13(12)5-6-18(14)3/h7-10H,5-6H2,1-4H3. The molecule has 1 aromatic carbocycles. The van der Waals surface area contributed by atoms with Crippen molar-refractivity contribution in [1.82, 2.24) is 9.78 Å². The fourth-order valence-corrected chi connectivity index (χ4v) is 2.96. The maximum Gasteiger partial charge on any atom is 0.311 e. The largest absolute Gasteiger partial charge is 0.484 e. The molecular formula is C16H20N4O3. The molecule has 0 saturated carbocycles. The Bertz CT molecular complexity index is 767. The normalized spacial score (nSPS) is 13.5. The van der Waals surface area contributed by atoms with E-state index < -0.39 is 0 Å². The quantitative estimate of drug-likeness (QED) is 0.643. The van der Waals surface area contributed by atoms with E-state index in [0.29, 0.717) is 5.75 Å². The molecule has 3 rings (SSSR count). The first-order chi connectivity index (χ1) is 10.9. The third-order valence-electron chi connectivity index (χ3n) is 4.08. The van der Waals surface area contributed by atoms with Crippen LogP contribution >= 0.6 is 0 Å². The summed E-state index contributed by atoms with van der Waals surface area (Å²) in [7, 11) is 3.89. The minimum Gasteiger partial charge on any atom is -0.484 e. The highest BCUT2D eigenvalue weighted by molar-refractivity contribution is 5.84. The molecule has 7 nitrogen and oxygen atoms in total. The van der Waals surface area contributed by atoms with Crippen LogP contribution in [-0.4, -0.2) is 34.4 Å². The van der Waals surface area contributed by atoms with Gasteiger partial charge in [-0.2, -0.15) is 5.10 Å². The molecule has 1 aliphatic rings. The number of benzene rings is 1. The summed E-state index contributed by atoms with van der Waals surface area (Å²) in [5, 5.41) is 15.8. The molecule has 1 aromatic heterocycles. The summed E-state index contributed by atoms with van der Waals surface area (Å²) >= 11 is 0. The van der Waals surface area contributed by atoms with Gasteiger partial charge in [-0.25, -0.2) is 0 Å². The molecule has 0 atom stereocenters. The van der Waals surface area contributed by atoms with E-state index in [1.807, 2.05) is 32.6 Å². The SMILES string of the molecule is CC(C)Oc1cc2c(cc1[N+](=O)[O-])-c1cnn(C)c1CCN2C. The third-order valence-corrected chi connectivity index (χ3v) is 4.08. The van der Waals surface area contributed by atoms with E-state index in [9.17, 15) is 10.1 Å². The summed E-state index contributed by atoms with van der Waals surface area (Å²) < 4.78 is 7.50. The lowest BCUT2D eigenvalue weighted by Crippen LogP contribution is -2.20. The minimum absolute atomic E-state index is 0.0115. The number of nitro groups is 1. The lowest BCUT2D eigenvalue weighted by atomic mass is 10.0. The van der Waals surface area contributed by atoms with Crippen molar-refractivity contribution in [3.63, 3.8) is 0 Å². The topological polar surface area (TPSA) is 73.4 Å². The van der Waals surface area contributed by atoms with Crippen LogP contribution in [0.25, 0.3) is 11.1 Å². The second kappa shape index (κ2) is 5.57. The average Bonchev–Trinajstić information content (AvgIpc) is 2.77. The van der Waals surface area contributed by atoms with Gasteiger partial charge in [0, 0.05) is 61.7 Å². The van der Waals surface area contributed by atoms with Gasteiger partial charge in [-0.1, -0.05) is 0 Å². The van der Waals surface area contributed by atoms with Gasteiger partial charge in [0.25, 0.3) is 0 Å². The molecule has 0 radical (unpaired) electrons. The molecule has 0 amide bonds. The van der Waals surface area contributed by atoms with Gasteiger partial charge in [-0.3, -0.25) is 14.8 Å². The van der Waals surface area contributed by atoms with Crippen LogP contribution in [0.1, 0.15) is 19.5 Å². The number of nitrogens with zero attached hydrogens (tertiary/aromatic N) is 4. The first-order valence-electron chi connectivity index (χ1n) is 7.60. The van der Waals surface area contributed by atoms with Crippen molar-refractivity contribution in [2.24, 2.45) is 7.05 Å². The summed E-state index contributed by atoms with van der Waals surface area (Å²) in [6.45, 7) is 4.54. The van der Waals surface area contributed by atoms with Crippen LogP contribution < -0.4 is 9.64 Å². The monoisotopic (exact) mass is 316 g/mol. The predicted octanol–water partition coefficient (Wildman–Crippen LogP) is 2.77. The Morgan fingerprint density at radius 3 is 2.70 bits per heavy atom. The van der Waals surface area contributed by atoms with Gasteiger partial charge in [0.15, 0.2) is 5.75 Å². The van der Waals surface area contributed by atoms with Crippen molar-refractivity contribution in [2.45, 2.75) is 26.4 Å². The highest BCUT2D eigenvalue weighted by atomic mass is 16.6. The number of ether oxygens (including phenoxy) is 1. The number of hydrogen-bond donors (Lipinski definition) is 0. The molecule has 7 heteroatoms. The van der Waals surface area contributed by atoms with Crippen LogP contribution in [0.15, 0.2) is 18.3 Å². The van der Waals surface area contributed by atoms with Crippen molar-refractivity contribution in [3.8, 4) is 16.9 Å². The highest BCUT2D eigenvalue weighted by Crippen LogP contribution is 2.43. The van der Waals surface area contributed by atoms with Crippen LogP contribution in [0, 0.1) is 10.1 Å². The Balaban J connectivity index is 2.25. The first-order valence-corrected chi connectivity index (χ1v) is 7.60. The summed E-state index contributed by atoms with van der Waals surface area (Å²) in [6.07, 6.45) is 2.49. The number of nitro benzene ring substituents is 1. The fraction of sp³-hybridized carbons (Fsp3) is 0.438. The first kappa shape index (κ1) is 15.3. The van der Waals surface area contributed by atoms with E-state index in [-0.39, 0.29) is 16.7 Å². The Hall–Kier alpha value is -2.57. The third kappa shape index (κ3) is 2.62. The molecule has 0 fully saturated rings. The van der Waals surface area contributed by atoms with E-state index in [0.717, 1.165) is 35.5 Å². The van der Waals surface area contributed by atoms with Gasteiger partial charge >= 0.3 is 5.69 Å². The molecule has 0 N–H and O–H groups in total. The van der Waals surface area contributed by atoms with Crippen LogP contribution in [0.2, 0.25) is 0 Å². The summed E-state index contributed by atoms with van der Waals surface area (Å²) in [6, 6.07) is 3.38. The number of aromatic nitrogens is 2. The molecule has 122 valence electrons. The Labute approximate surface area is 134 Å². The molecule has 0 saturated heterocycles. The summed E-state index contributed by atoms with van der Waals surface area (Å²) in [4.78, 5) is 13.2. The second-order valence-electron chi connectivity index (χ2n) is 6.06. The van der Waals surface area contributed by atoms with E-state index >= 15 is 0 Å². The maximum absolute atomic E-state index is 11.5. The zero-order chi connectivity index (χ0) is 16.7. The van der Waals surface area contributed by atoms with Gasteiger partial charge in [0.1, 0.15) is 0 Å². The average molecular weight is 316 g/mol. The van der Waals surface area contributed by atoms with Crippen molar-refractivity contribution in [1.29, 1.82) is 0 Å². The fourth-order valence-electron chi connectivity index (χ4n) is 2.96. The van der Waals surface area contributed by atoms with Crippen LogP contribution in [0.3, 0.4) is 0 Å². The molecule has 0 unspecified atom stereocenters. The van der Waals surface area contributed by atoms with Crippen molar-refractivity contribution in [2.75, 3.05) is 18.5 Å². The number of rotatable bonds is 3. The van der Waals surface area contributed by atoms with Crippen molar-refractivity contribution in [3.05, 3.63) is 34.1 Å². The maximum atomic E-state index is 11.5. The Kier molecular flexibility index (Phi) is 3.71. The summed E-state index contributed by atoms with van der Waals surface area (Å²) in [5.41, 5.74) is 3.78. The Morgan fingerprint density at radius 1 is 1.30 bits per heavy atom. The van der Waals surface area contributed by atoms with Gasteiger partial charge < -0.3 is 9.64 Å². The van der Waals surface area contributed by atoms with Gasteiger partial charge in [0.2, 0.25) is 0 Å². The zero-order valence-electron chi connectivity index (χ0n) is 13.7. The number of aryl methyl sites for hydroxylation is 1. The number of likely N-dealkylation sites (N-methyl/N-ethyl adjacent to an activating group) is 1. The van der Waals surface area contributed by atoms with E-state index in [1.54, 1.807) is 18.3 Å². The van der Waals surface area contributed by atoms with Crippen LogP contribution in [-0.2, 0) is 13.5 Å². The number of hydrogen-bond acceptors (Lipinski definition) is 5. The molecule has 0 bridgehead atoms. The Morgan fingerprint density at radius 2 is 2.04 bits per heavy atom. The zero-order valence-corrected chi connectivity index (χ0v) is 13.7. The summed E-state index contributed by atoms with van der Waals surface area (Å²) in [5.74, 6) is 0.308. The van der Waals surface area contributed by atoms with Gasteiger partial charge in [-0.05, 0) is 13.8 Å². The molecule has 2 heterocycles. The van der Waals surface area contributed by atoms with Crippen molar-refractivity contribution < 1.29 is 9.66 Å². The lowest BCUT2D eigenvalue weighted by molar-refractivity contribution is -0.386. The second-order valence-corrected chi connectivity index (χ2v) is 6.06. The van der Waals surface area contributed by atoms with E-state index in [1.165, 1.54) is 0 Å². The number of fused-ring (bicyclic) bond motifs is 3. The lowest BCUT2D eigenvalue weighted by Gasteiger charge is -2.21. The van der Waals surface area contributed by atoms with E-state index in [2.05, 4.69) is 10.00 Å². The van der Waals surface area contributed by atoms with Crippen molar-refractivity contribution >= 4 is 11.4 Å².